The average Bonchev–Trinajstić information content (AvgIpc) is 3.70. The average molecular weight is 892 g/mol. The number of hydrogen-bond donors (Lipinski definition) is 2. The van der Waals surface area contributed by atoms with E-state index >= 15 is 0 Å². The van der Waals surface area contributed by atoms with Crippen molar-refractivity contribution in [3.05, 3.63) is 148 Å². The number of aromatic nitrogens is 6. The second kappa shape index (κ2) is 25.1. The van der Waals surface area contributed by atoms with Crippen LogP contribution in [0, 0.1) is 31.8 Å². The van der Waals surface area contributed by atoms with Crippen molar-refractivity contribution < 1.29 is 75.9 Å². The van der Waals surface area contributed by atoms with Crippen molar-refractivity contribution in [2.24, 2.45) is 0 Å². The van der Waals surface area contributed by atoms with Gasteiger partial charge in [0.2, 0.25) is 0 Å². The van der Waals surface area contributed by atoms with Crippen molar-refractivity contribution in [3.63, 3.8) is 0 Å². The molecule has 2 N–H and O–H groups in total. The predicted octanol–water partition coefficient (Wildman–Crippen LogP) is 0.870. The van der Waals surface area contributed by atoms with E-state index in [1.165, 1.54) is 0 Å². The normalized spacial score (nSPS) is 12.2. The quantitative estimate of drug-likeness (QED) is 0.150. The van der Waals surface area contributed by atoms with E-state index in [9.17, 15) is 0 Å². The van der Waals surface area contributed by atoms with Crippen LogP contribution in [0.3, 0.4) is 0 Å². The molecule has 4 aromatic heterocycles. The van der Waals surface area contributed by atoms with Crippen LogP contribution in [0.4, 0.5) is 0 Å². The summed E-state index contributed by atoms with van der Waals surface area (Å²) in [6, 6.07) is 14.5. The Hall–Kier alpha value is -3.16. The van der Waals surface area contributed by atoms with Gasteiger partial charge in [-0.25, -0.2) is 0 Å². The first-order valence-electron chi connectivity index (χ1n) is 12.9. The summed E-state index contributed by atoms with van der Waals surface area (Å²) in [4.78, 5) is 24.8. The van der Waals surface area contributed by atoms with E-state index in [0.29, 0.717) is 13.3 Å². The molecule has 2 radical (unpaired) electrons. The van der Waals surface area contributed by atoms with Crippen LogP contribution in [0.25, 0.3) is 0 Å². The summed E-state index contributed by atoms with van der Waals surface area (Å²) in [7, 11) is 2.00. The maximum absolute atomic E-state index is 7.00. The summed E-state index contributed by atoms with van der Waals surface area (Å²) in [5, 5.41) is 14.0. The van der Waals surface area contributed by atoms with Crippen molar-refractivity contribution in [1.82, 2.24) is 39.5 Å². The maximum Gasteiger partial charge on any atom is 2.00 e. The molecule has 0 aliphatic carbocycles. The number of nitrogens with zero attached hydrogens (tertiary/aromatic N) is 10. The molecule has 15 heteroatoms. The molecule has 0 saturated carbocycles. The van der Waals surface area contributed by atoms with E-state index in [-0.39, 0.29) is 56.5 Å². The topological polar surface area (TPSA) is 113 Å². The zero-order valence-corrected chi connectivity index (χ0v) is 28.6. The van der Waals surface area contributed by atoms with Gasteiger partial charge in [-0.3, -0.25) is 4.98 Å². The molecular weight excluding hydrogens is 856 g/mol. The minimum Gasteiger partial charge on any atom is -0.506 e. The van der Waals surface area contributed by atoms with Gasteiger partial charge in [0.05, 0.1) is 5.69 Å². The van der Waals surface area contributed by atoms with Crippen molar-refractivity contribution in [2.75, 3.05) is 14.2 Å². The molecule has 4 aromatic rings. The first-order chi connectivity index (χ1) is 20.8. The molecule has 6 heterocycles. The van der Waals surface area contributed by atoms with Crippen molar-refractivity contribution in [2.45, 2.75) is 26.4 Å². The number of rotatable bonds is 8. The van der Waals surface area contributed by atoms with Gasteiger partial charge in [-0.2, -0.15) is 35.4 Å². The summed E-state index contributed by atoms with van der Waals surface area (Å²) in [6.07, 6.45) is 26.6. The molecule has 2 aliphatic heterocycles. The Balaban J connectivity index is 0.000000731. The fourth-order valence-corrected chi connectivity index (χ4v) is 3.71. The molecule has 45 heavy (non-hydrogen) atoms. The van der Waals surface area contributed by atoms with E-state index in [1.807, 2.05) is 83.9 Å². The summed E-state index contributed by atoms with van der Waals surface area (Å²) < 4.78 is 3.78. The molecule has 2 aliphatic rings. The number of pyridine rings is 2. The summed E-state index contributed by atoms with van der Waals surface area (Å²) in [6.45, 7) is 7.01. The van der Waals surface area contributed by atoms with Crippen molar-refractivity contribution in [3.8, 4) is 0 Å². The van der Waals surface area contributed by atoms with Gasteiger partial charge >= 0.3 is 34.1 Å². The Kier molecular flexibility index (Phi) is 23.3. The molecule has 0 aromatic carbocycles. The largest absolute Gasteiger partial charge is 2.00 e. The zero-order chi connectivity index (χ0) is 29.8. The number of aliphatic hydroxyl groups excluding tert-OH is 2. The third kappa shape index (κ3) is 15.6. The van der Waals surface area contributed by atoms with Gasteiger partial charge in [-0.15, -0.1) is 5.56 Å². The Morgan fingerprint density at radius 1 is 0.711 bits per heavy atom. The van der Waals surface area contributed by atoms with Gasteiger partial charge in [-0.1, -0.05) is 30.6 Å². The van der Waals surface area contributed by atoms with Crippen LogP contribution in [0.1, 0.15) is 11.3 Å². The smallest absolute Gasteiger partial charge is 0.506 e. The zero-order valence-electron chi connectivity index (χ0n) is 24.6. The molecule has 0 bridgehead atoms. The van der Waals surface area contributed by atoms with Crippen LogP contribution in [0.15, 0.2) is 105 Å². The molecule has 0 unspecified atom stereocenters. The standard InChI is InChI=1S/C14H13N5.C14H14N5.2CH4O.Au.2Cu/c1-3-14(9-15-4-1)10-17-7-8-19(12-17)13-18-6-2-5-16-11-18;1-2-6-16-14(4-1)10-17-8-9-19(12-17)13-18-7-3-5-15-11-18;2*1-2;;;/h1-2,4-5,7-9,11-12H,10,13H2;1-6,8-9,11-12H,10,13H2;2*2H,1H3;;;/q-2;-1;;;;+1;+2. The molecule has 0 fully saturated rings. The molecule has 0 saturated heterocycles. The minimum absolute atomic E-state index is 0. The van der Waals surface area contributed by atoms with E-state index in [0.717, 1.165) is 38.6 Å². The van der Waals surface area contributed by atoms with E-state index in [4.69, 9.17) is 10.2 Å². The maximum atomic E-state index is 7.00. The van der Waals surface area contributed by atoms with E-state index in [2.05, 4.69) is 58.0 Å². The van der Waals surface area contributed by atoms with Gasteiger partial charge in [0.1, 0.15) is 13.3 Å². The molecule has 250 valence electrons. The summed E-state index contributed by atoms with van der Waals surface area (Å²) >= 11 is 0. The monoisotopic (exact) mass is 890 g/mol. The molecular formula is C30H35AuCu2N10O2. The van der Waals surface area contributed by atoms with Crippen LogP contribution < -0.4 is 9.13 Å². The SMILES string of the molecule is CO.CO.[Au].[Cu+2].[Cu+].[c-]1ccnc[n+]1CN1C=CN(Cc2ccccn2)[CH-]1.[c-]1ccncc1CN1C=CN(C[n+]2[c-]ccnc2)[CH-]1. The minimum atomic E-state index is 0. The fraction of sp³-hybridized carbons (Fsp3) is 0.200. The first kappa shape index (κ1) is 41.8. The van der Waals surface area contributed by atoms with Crippen molar-refractivity contribution >= 4 is 0 Å². The van der Waals surface area contributed by atoms with Crippen LogP contribution >= 0.6 is 0 Å². The Bertz CT molecular complexity index is 1120. The first-order valence-corrected chi connectivity index (χ1v) is 12.9. The second-order valence-electron chi connectivity index (χ2n) is 8.43. The van der Waals surface area contributed by atoms with Gasteiger partial charge in [0.25, 0.3) is 0 Å². The van der Waals surface area contributed by atoms with Crippen LogP contribution in [-0.2, 0) is 82.9 Å². The van der Waals surface area contributed by atoms with Crippen LogP contribution in [0.2, 0.25) is 0 Å². The van der Waals surface area contributed by atoms with E-state index < -0.39 is 0 Å². The summed E-state index contributed by atoms with van der Waals surface area (Å²) in [5.74, 6) is 0. The molecule has 6 rings (SSSR count). The predicted molar refractivity (Wildman–Crippen MR) is 152 cm³/mol. The van der Waals surface area contributed by atoms with Gasteiger partial charge in [-0.05, 0) is 43.5 Å². The van der Waals surface area contributed by atoms with Gasteiger partial charge < -0.3 is 43.9 Å². The third-order valence-electron chi connectivity index (χ3n) is 5.42. The van der Waals surface area contributed by atoms with E-state index in [1.54, 1.807) is 43.4 Å². The Labute approximate surface area is 302 Å². The van der Waals surface area contributed by atoms with Gasteiger partial charge in [0.15, 0.2) is 12.7 Å². The molecule has 0 amide bonds. The molecule has 12 nitrogen and oxygen atoms in total. The summed E-state index contributed by atoms with van der Waals surface area (Å²) in [5.41, 5.74) is 2.11. The molecule has 0 atom stereocenters. The van der Waals surface area contributed by atoms with Crippen LogP contribution in [-0.4, -0.2) is 64.0 Å². The fourth-order valence-electron chi connectivity index (χ4n) is 3.71. The second-order valence-corrected chi connectivity index (χ2v) is 8.43. The van der Waals surface area contributed by atoms with Crippen LogP contribution in [0.5, 0.6) is 0 Å². The Morgan fingerprint density at radius 2 is 1.24 bits per heavy atom. The third-order valence-corrected chi connectivity index (χ3v) is 5.42. The van der Waals surface area contributed by atoms with Gasteiger partial charge in [0, 0.05) is 74.1 Å². The number of aliphatic hydroxyl groups is 2. The molecule has 0 spiro atoms. The number of hydrogen-bond acceptors (Lipinski definition) is 10. The Morgan fingerprint density at radius 3 is 1.71 bits per heavy atom. The van der Waals surface area contributed by atoms with Crippen molar-refractivity contribution in [1.29, 1.82) is 0 Å².